The molecule has 0 aliphatic carbocycles. The molecule has 4 heteroatoms. The second-order valence-electron chi connectivity index (χ2n) is 2.48. The van der Waals surface area contributed by atoms with Gasteiger partial charge in [-0.3, -0.25) is 0 Å². The van der Waals surface area contributed by atoms with E-state index in [4.69, 9.17) is 21.1 Å². The highest BCUT2D eigenvalue weighted by molar-refractivity contribution is 6.17. The highest BCUT2D eigenvalue weighted by Crippen LogP contribution is 2.41. The van der Waals surface area contributed by atoms with Crippen molar-refractivity contribution < 1.29 is 14.6 Å². The number of hydrogen-bond donors (Lipinski definition) is 1. The molecule has 1 aliphatic rings. The van der Waals surface area contributed by atoms with E-state index < -0.39 is 0 Å². The SMILES string of the molecule is Oc1cc(CCl)cc2c1OCO2. The van der Waals surface area contributed by atoms with Gasteiger partial charge in [-0.15, -0.1) is 11.6 Å². The lowest BCUT2D eigenvalue weighted by Gasteiger charge is -2.01. The van der Waals surface area contributed by atoms with Crippen molar-refractivity contribution >= 4 is 11.6 Å². The molecule has 1 heterocycles. The number of benzene rings is 1. The topological polar surface area (TPSA) is 38.7 Å². The fourth-order valence-corrected chi connectivity index (χ4v) is 1.28. The molecule has 64 valence electrons. The number of ether oxygens (including phenoxy) is 2. The van der Waals surface area contributed by atoms with Crippen LogP contribution in [0.2, 0.25) is 0 Å². The van der Waals surface area contributed by atoms with Gasteiger partial charge in [0.25, 0.3) is 0 Å². The fraction of sp³-hybridized carbons (Fsp3) is 0.250. The molecule has 0 amide bonds. The van der Waals surface area contributed by atoms with Gasteiger partial charge in [0.05, 0.1) is 0 Å². The van der Waals surface area contributed by atoms with Crippen molar-refractivity contribution in [2.75, 3.05) is 6.79 Å². The maximum absolute atomic E-state index is 9.38. The Morgan fingerprint density at radius 3 is 3.00 bits per heavy atom. The van der Waals surface area contributed by atoms with Crippen LogP contribution in [0.3, 0.4) is 0 Å². The van der Waals surface area contributed by atoms with Crippen LogP contribution < -0.4 is 9.47 Å². The summed E-state index contributed by atoms with van der Waals surface area (Å²) in [5.74, 6) is 1.40. The maximum atomic E-state index is 9.38. The highest BCUT2D eigenvalue weighted by Gasteiger charge is 2.18. The summed E-state index contributed by atoms with van der Waals surface area (Å²) in [6.07, 6.45) is 0. The summed E-state index contributed by atoms with van der Waals surface area (Å²) in [5, 5.41) is 9.38. The van der Waals surface area contributed by atoms with Crippen molar-refractivity contribution in [2.24, 2.45) is 0 Å². The van der Waals surface area contributed by atoms with Gasteiger partial charge in [0.2, 0.25) is 12.5 Å². The lowest BCUT2D eigenvalue weighted by atomic mass is 10.2. The first-order chi connectivity index (χ1) is 5.81. The van der Waals surface area contributed by atoms with E-state index in [9.17, 15) is 5.11 Å². The van der Waals surface area contributed by atoms with Crippen molar-refractivity contribution in [3.8, 4) is 17.2 Å². The Balaban J connectivity index is 2.51. The van der Waals surface area contributed by atoms with Gasteiger partial charge < -0.3 is 14.6 Å². The van der Waals surface area contributed by atoms with Gasteiger partial charge in [-0.2, -0.15) is 0 Å². The zero-order valence-corrected chi connectivity index (χ0v) is 6.97. The van der Waals surface area contributed by atoms with E-state index in [1.807, 2.05) is 0 Å². The minimum absolute atomic E-state index is 0.0839. The number of phenolic OH excluding ortho intramolecular Hbond substituents is 1. The number of aromatic hydroxyl groups is 1. The van der Waals surface area contributed by atoms with Gasteiger partial charge in [-0.05, 0) is 17.7 Å². The smallest absolute Gasteiger partial charge is 0.231 e. The largest absolute Gasteiger partial charge is 0.504 e. The van der Waals surface area contributed by atoms with Crippen molar-refractivity contribution in [2.45, 2.75) is 5.88 Å². The van der Waals surface area contributed by atoms with Crippen LogP contribution in [0.1, 0.15) is 5.56 Å². The predicted molar refractivity (Wildman–Crippen MR) is 43.8 cm³/mol. The molecular weight excluding hydrogens is 180 g/mol. The van der Waals surface area contributed by atoms with E-state index in [-0.39, 0.29) is 12.5 Å². The minimum atomic E-state index is 0.0839. The van der Waals surface area contributed by atoms with E-state index in [1.165, 1.54) is 0 Å². The Hall–Kier alpha value is -1.09. The summed E-state index contributed by atoms with van der Waals surface area (Å²) >= 11 is 5.59. The molecule has 1 N–H and O–H groups in total. The van der Waals surface area contributed by atoms with Crippen LogP contribution >= 0.6 is 11.6 Å². The van der Waals surface area contributed by atoms with Gasteiger partial charge in [0, 0.05) is 5.88 Å². The molecule has 0 atom stereocenters. The lowest BCUT2D eigenvalue weighted by Crippen LogP contribution is -1.93. The molecule has 0 saturated heterocycles. The number of fused-ring (bicyclic) bond motifs is 1. The molecule has 0 saturated carbocycles. The molecule has 1 aliphatic heterocycles. The highest BCUT2D eigenvalue weighted by atomic mass is 35.5. The molecule has 0 bridgehead atoms. The van der Waals surface area contributed by atoms with Crippen LogP contribution in [0.4, 0.5) is 0 Å². The Labute approximate surface area is 74.5 Å². The molecule has 1 aromatic carbocycles. The first kappa shape index (κ1) is 7.55. The average molecular weight is 187 g/mol. The Morgan fingerprint density at radius 1 is 1.42 bits per heavy atom. The Bertz CT molecular complexity index is 311. The van der Waals surface area contributed by atoms with Crippen LogP contribution in [0.5, 0.6) is 17.2 Å². The molecule has 0 aromatic heterocycles. The summed E-state index contributed by atoms with van der Waals surface area (Å²) in [5.41, 5.74) is 0.818. The third-order valence-electron chi connectivity index (χ3n) is 1.67. The predicted octanol–water partition coefficient (Wildman–Crippen LogP) is 1.86. The summed E-state index contributed by atoms with van der Waals surface area (Å²) in [6.45, 7) is 0.161. The second kappa shape index (κ2) is 2.75. The first-order valence-corrected chi connectivity index (χ1v) is 4.02. The van der Waals surface area contributed by atoms with Crippen LogP contribution in [0.25, 0.3) is 0 Å². The van der Waals surface area contributed by atoms with Gasteiger partial charge in [-0.1, -0.05) is 0 Å². The number of halogens is 1. The quantitative estimate of drug-likeness (QED) is 0.681. The van der Waals surface area contributed by atoms with Crippen LogP contribution in [-0.4, -0.2) is 11.9 Å². The van der Waals surface area contributed by atoms with Gasteiger partial charge >= 0.3 is 0 Å². The maximum Gasteiger partial charge on any atom is 0.231 e. The molecule has 0 unspecified atom stereocenters. The summed E-state index contributed by atoms with van der Waals surface area (Å²) in [7, 11) is 0. The van der Waals surface area contributed by atoms with Crippen molar-refractivity contribution in [3.05, 3.63) is 17.7 Å². The van der Waals surface area contributed by atoms with Crippen LogP contribution in [0.15, 0.2) is 12.1 Å². The Morgan fingerprint density at radius 2 is 2.25 bits per heavy atom. The minimum Gasteiger partial charge on any atom is -0.504 e. The van der Waals surface area contributed by atoms with E-state index in [0.717, 1.165) is 5.56 Å². The summed E-state index contributed by atoms with van der Waals surface area (Å²) < 4.78 is 10.1. The molecule has 3 nitrogen and oxygen atoms in total. The lowest BCUT2D eigenvalue weighted by molar-refractivity contribution is 0.171. The molecule has 0 radical (unpaired) electrons. The Kier molecular flexibility index (Phi) is 1.73. The van der Waals surface area contributed by atoms with E-state index in [0.29, 0.717) is 17.4 Å². The second-order valence-corrected chi connectivity index (χ2v) is 2.75. The molecule has 0 spiro atoms. The first-order valence-electron chi connectivity index (χ1n) is 3.48. The normalized spacial score (nSPS) is 13.4. The van der Waals surface area contributed by atoms with Crippen molar-refractivity contribution in [1.82, 2.24) is 0 Å². The molecule has 12 heavy (non-hydrogen) atoms. The van der Waals surface area contributed by atoms with E-state index in [2.05, 4.69) is 0 Å². The molecular formula is C8H7ClO3. The number of hydrogen-bond acceptors (Lipinski definition) is 3. The van der Waals surface area contributed by atoms with Gasteiger partial charge in [-0.25, -0.2) is 0 Å². The zero-order valence-electron chi connectivity index (χ0n) is 6.21. The number of phenols is 1. The third kappa shape index (κ3) is 1.06. The van der Waals surface area contributed by atoms with Crippen LogP contribution in [-0.2, 0) is 5.88 Å². The van der Waals surface area contributed by atoms with E-state index >= 15 is 0 Å². The van der Waals surface area contributed by atoms with Crippen molar-refractivity contribution in [3.63, 3.8) is 0 Å². The molecule has 0 fully saturated rings. The summed E-state index contributed by atoms with van der Waals surface area (Å²) in [4.78, 5) is 0. The van der Waals surface area contributed by atoms with Gasteiger partial charge in [0.15, 0.2) is 11.5 Å². The zero-order chi connectivity index (χ0) is 8.55. The third-order valence-corrected chi connectivity index (χ3v) is 1.98. The molecule has 2 rings (SSSR count). The molecule has 1 aromatic rings. The number of alkyl halides is 1. The number of rotatable bonds is 1. The van der Waals surface area contributed by atoms with Crippen molar-refractivity contribution in [1.29, 1.82) is 0 Å². The van der Waals surface area contributed by atoms with Crippen LogP contribution in [0, 0.1) is 0 Å². The monoisotopic (exact) mass is 186 g/mol. The fourth-order valence-electron chi connectivity index (χ4n) is 1.12. The standard InChI is InChI=1S/C8H7ClO3/c9-3-5-1-6(10)8-7(2-5)11-4-12-8/h1-2,10H,3-4H2. The summed E-state index contributed by atoms with van der Waals surface area (Å²) in [6, 6.07) is 3.33. The van der Waals surface area contributed by atoms with Gasteiger partial charge in [0.1, 0.15) is 0 Å². The average Bonchev–Trinajstić information content (AvgIpc) is 2.52. The van der Waals surface area contributed by atoms with E-state index in [1.54, 1.807) is 12.1 Å².